The lowest BCUT2D eigenvalue weighted by molar-refractivity contribution is -0.890. The molecule has 0 amide bonds. The van der Waals surface area contributed by atoms with Crippen LogP contribution in [0, 0.1) is 0 Å². The van der Waals surface area contributed by atoms with Crippen molar-refractivity contribution >= 4 is 46.4 Å². The fourth-order valence-electron chi connectivity index (χ4n) is 9.89. The highest BCUT2D eigenvalue weighted by atomic mass is 35.5. The van der Waals surface area contributed by atoms with Crippen LogP contribution in [0.2, 0.25) is 0 Å². The largest absolute Gasteiger partial charge is 1.00 e. The molecule has 0 atom stereocenters. The molecule has 3 aromatic heterocycles. The maximum atomic E-state index is 6.30. The molecule has 0 radical (unpaired) electrons. The summed E-state index contributed by atoms with van der Waals surface area (Å²) < 4.78 is 13.6. The third kappa shape index (κ3) is 17.3. The second-order valence-corrected chi connectivity index (χ2v) is 20.4. The number of nitrogens with zero attached hydrogens (tertiary/aromatic N) is 3. The summed E-state index contributed by atoms with van der Waals surface area (Å²) in [6, 6.07) is 29.9. The Balaban J connectivity index is 0.00000804. The summed E-state index contributed by atoms with van der Waals surface area (Å²) in [5.41, 5.74) is 11.8. The normalized spacial score (nSPS) is 12.1. The number of unbranched alkanes of at least 4 members (excludes halogenated alkanes) is 19. The summed E-state index contributed by atoms with van der Waals surface area (Å²) in [5, 5.41) is 0. The van der Waals surface area contributed by atoms with E-state index < -0.39 is 0 Å². The molecule has 0 aliphatic carbocycles. The molecule has 8 heteroatoms. The third-order valence-corrected chi connectivity index (χ3v) is 14.0. The summed E-state index contributed by atoms with van der Waals surface area (Å²) in [4.78, 5) is 17.7. The summed E-state index contributed by atoms with van der Waals surface area (Å²) in [6.45, 7) is 8.40. The predicted octanol–water partition coefficient (Wildman–Crippen LogP) is 14.4. The summed E-state index contributed by atoms with van der Waals surface area (Å²) >= 11 is 0. The Morgan fingerprint density at radius 2 is 0.800 bits per heavy atom. The maximum Gasteiger partial charge on any atom is 0.119 e. The molecule has 7 rings (SSSR count). The number of halogens is 1. The lowest BCUT2D eigenvalue weighted by atomic mass is 10.0. The molecule has 70 heavy (non-hydrogen) atoms. The molecule has 376 valence electrons. The number of benzene rings is 2. The Labute approximate surface area is 427 Å². The van der Waals surface area contributed by atoms with E-state index in [2.05, 4.69) is 147 Å². The van der Waals surface area contributed by atoms with Crippen LogP contribution in [0.15, 0.2) is 84.9 Å². The van der Waals surface area contributed by atoms with E-state index in [1.165, 1.54) is 135 Å². The number of hydrogen-bond donors (Lipinski definition) is 2. The van der Waals surface area contributed by atoms with Gasteiger partial charge in [-0.05, 0) is 115 Å². The number of hydrogen-bond acceptors (Lipinski definition) is 4. The lowest BCUT2D eigenvalue weighted by Crippen LogP contribution is -3.00. The fraction of sp³-hybridized carbons (Fsp3) is 0.484. The molecule has 2 aliphatic rings. The van der Waals surface area contributed by atoms with Crippen molar-refractivity contribution in [1.82, 2.24) is 19.9 Å². The maximum absolute atomic E-state index is 6.30. The molecule has 0 spiro atoms. The van der Waals surface area contributed by atoms with Gasteiger partial charge in [0.05, 0.1) is 63.2 Å². The van der Waals surface area contributed by atoms with Gasteiger partial charge in [-0.1, -0.05) is 154 Å². The monoisotopic (exact) mass is 966 g/mol. The average molecular weight is 967 g/mol. The molecular weight excluding hydrogens is 882 g/mol. The van der Waals surface area contributed by atoms with Gasteiger partial charge in [0.2, 0.25) is 0 Å². The van der Waals surface area contributed by atoms with Gasteiger partial charge in [-0.25, -0.2) is 9.97 Å². The molecule has 2 aromatic carbocycles. The van der Waals surface area contributed by atoms with Crippen molar-refractivity contribution in [3.8, 4) is 33.8 Å². The first-order valence-electron chi connectivity index (χ1n) is 27.3. The lowest BCUT2D eigenvalue weighted by Gasteiger charge is -2.30. The molecule has 0 saturated carbocycles. The zero-order valence-electron chi connectivity index (χ0n) is 43.3. The Hall–Kier alpha value is -5.11. The average Bonchev–Trinajstić information content (AvgIpc) is 4.20. The van der Waals surface area contributed by atoms with Crippen LogP contribution in [-0.2, 0) is 0 Å². The van der Waals surface area contributed by atoms with Crippen molar-refractivity contribution in [3.05, 3.63) is 108 Å². The van der Waals surface area contributed by atoms with Gasteiger partial charge in [0, 0.05) is 39.6 Å². The number of H-pyrrole nitrogens is 2. The molecule has 2 N–H and O–H groups in total. The number of ether oxygens (including phenoxy) is 2. The van der Waals surface area contributed by atoms with Crippen LogP contribution < -0.4 is 21.9 Å². The van der Waals surface area contributed by atoms with Crippen LogP contribution >= 0.6 is 0 Å². The van der Waals surface area contributed by atoms with Crippen LogP contribution in [0.3, 0.4) is 0 Å². The standard InChI is InChI=1S/C62H84N5O2.ClH/c1-5-7-9-11-13-15-16-17-18-19-21-23-25-45-68-55-35-27-49(28-36-55)61-57-39-31-51(63-57)47-53-33-41-59(65-53)62(60-42-34-54(66-60)48-52-32-40-58(61)64-52)50-29-37-56(38-30-50)69-46-26-44-67(3,4)43-24-22-20-14-12-10-8-6-2;/h27-42,47-48,65-66H,5-26,43-46H2,1-4H3;1H/q+1;/p-1. The van der Waals surface area contributed by atoms with Crippen LogP contribution in [-0.4, -0.2) is 64.8 Å². The summed E-state index contributed by atoms with van der Waals surface area (Å²) in [7, 11) is 4.73. The fourth-order valence-corrected chi connectivity index (χ4v) is 9.89. The van der Waals surface area contributed by atoms with Crippen molar-refractivity contribution < 1.29 is 26.4 Å². The number of aromatic nitrogens is 4. The minimum absolute atomic E-state index is 0. The molecule has 5 heterocycles. The molecular formula is C62H84ClN5O2. The Morgan fingerprint density at radius 3 is 1.26 bits per heavy atom. The number of nitrogens with one attached hydrogen (secondary N) is 2. The highest BCUT2D eigenvalue weighted by Crippen LogP contribution is 2.34. The first-order chi connectivity index (χ1) is 33.9. The van der Waals surface area contributed by atoms with E-state index in [4.69, 9.17) is 19.4 Å². The smallest absolute Gasteiger partial charge is 0.119 e. The topological polar surface area (TPSA) is 75.8 Å². The summed E-state index contributed by atoms with van der Waals surface area (Å²) in [5.74, 6) is 1.80. The minimum Gasteiger partial charge on any atom is -1.00 e. The Kier molecular flexibility index (Phi) is 22.7. The Morgan fingerprint density at radius 1 is 0.414 bits per heavy atom. The molecule has 8 bridgehead atoms. The van der Waals surface area contributed by atoms with E-state index in [1.807, 2.05) is 0 Å². The van der Waals surface area contributed by atoms with E-state index in [1.54, 1.807) is 0 Å². The van der Waals surface area contributed by atoms with Gasteiger partial charge >= 0.3 is 0 Å². The highest BCUT2D eigenvalue weighted by molar-refractivity contribution is 5.94. The van der Waals surface area contributed by atoms with E-state index in [-0.39, 0.29) is 12.4 Å². The first-order valence-corrected chi connectivity index (χ1v) is 27.3. The van der Waals surface area contributed by atoms with Crippen LogP contribution in [0.5, 0.6) is 11.5 Å². The van der Waals surface area contributed by atoms with Gasteiger partial charge < -0.3 is 36.3 Å². The molecule has 2 aliphatic heterocycles. The molecule has 0 unspecified atom stereocenters. The van der Waals surface area contributed by atoms with Gasteiger partial charge in [-0.15, -0.1) is 0 Å². The second kappa shape index (κ2) is 29.3. The number of rotatable bonds is 31. The van der Waals surface area contributed by atoms with Gasteiger partial charge in [-0.2, -0.15) is 0 Å². The van der Waals surface area contributed by atoms with Crippen LogP contribution in [0.4, 0.5) is 0 Å². The van der Waals surface area contributed by atoms with Crippen molar-refractivity contribution in [2.75, 3.05) is 40.4 Å². The molecule has 0 fully saturated rings. The van der Waals surface area contributed by atoms with Gasteiger partial charge in [-0.3, -0.25) is 0 Å². The van der Waals surface area contributed by atoms with Crippen molar-refractivity contribution in [1.29, 1.82) is 0 Å². The predicted molar refractivity (Wildman–Crippen MR) is 295 cm³/mol. The van der Waals surface area contributed by atoms with E-state index in [0.717, 1.165) is 116 Å². The van der Waals surface area contributed by atoms with Crippen molar-refractivity contribution in [2.45, 2.75) is 155 Å². The van der Waals surface area contributed by atoms with E-state index in [9.17, 15) is 0 Å². The van der Waals surface area contributed by atoms with Crippen LogP contribution in [0.25, 0.3) is 68.6 Å². The molecule has 0 saturated heterocycles. The number of quaternary nitrogens is 1. The second-order valence-electron chi connectivity index (χ2n) is 20.4. The zero-order chi connectivity index (χ0) is 47.9. The number of fused-ring (bicyclic) bond motifs is 8. The summed E-state index contributed by atoms with van der Waals surface area (Å²) in [6.07, 6.45) is 37.9. The van der Waals surface area contributed by atoms with Gasteiger partial charge in [0.1, 0.15) is 11.5 Å². The van der Waals surface area contributed by atoms with Crippen molar-refractivity contribution in [3.63, 3.8) is 0 Å². The van der Waals surface area contributed by atoms with Crippen molar-refractivity contribution in [2.24, 2.45) is 0 Å². The Bertz CT molecular complexity index is 2440. The van der Waals surface area contributed by atoms with Gasteiger partial charge in [0.25, 0.3) is 0 Å². The number of aromatic amines is 2. The minimum atomic E-state index is 0. The van der Waals surface area contributed by atoms with E-state index >= 15 is 0 Å². The molecule has 7 nitrogen and oxygen atoms in total. The quantitative estimate of drug-likeness (QED) is 0.0336. The highest BCUT2D eigenvalue weighted by Gasteiger charge is 2.16. The van der Waals surface area contributed by atoms with E-state index in [0.29, 0.717) is 0 Å². The van der Waals surface area contributed by atoms with Crippen LogP contribution in [0.1, 0.15) is 178 Å². The SMILES string of the molecule is CCCCCCCCCCCCCCCOc1ccc(-c2c3nc(cc4ccc([nH]4)c(-c4ccc(OCCC[N+](C)(C)CCCCCCCCCC)cc4)c4ccc(cc5nc2C=C5)[nH]4)C=C3)cc1.[Cl-]. The molecule has 5 aromatic rings. The first kappa shape index (κ1) is 54.2. The third-order valence-electron chi connectivity index (χ3n) is 14.0. The van der Waals surface area contributed by atoms with Gasteiger partial charge in [0.15, 0.2) is 0 Å². The zero-order valence-corrected chi connectivity index (χ0v) is 44.1.